The lowest BCUT2D eigenvalue weighted by Crippen LogP contribution is -2.28. The average Bonchev–Trinajstić information content (AvgIpc) is 3.37. The highest BCUT2D eigenvalue weighted by Crippen LogP contribution is 2.27. The first-order valence-electron chi connectivity index (χ1n) is 12.9. The molecule has 9 heteroatoms. The Morgan fingerprint density at radius 3 is 2.50 bits per heavy atom. The highest BCUT2D eigenvalue weighted by Gasteiger charge is 2.21. The van der Waals surface area contributed by atoms with Crippen molar-refractivity contribution in [3.63, 3.8) is 0 Å². The number of hydrogen-bond acceptors (Lipinski definition) is 6. The molecule has 1 amide bonds. The van der Waals surface area contributed by atoms with E-state index in [0.29, 0.717) is 16.7 Å². The average molecular weight is 569 g/mol. The van der Waals surface area contributed by atoms with Gasteiger partial charge in [-0.05, 0) is 79.1 Å². The summed E-state index contributed by atoms with van der Waals surface area (Å²) in [6.07, 6.45) is 0. The number of amides is 1. The summed E-state index contributed by atoms with van der Waals surface area (Å²) in [6.45, 7) is 6.17. The van der Waals surface area contributed by atoms with Crippen LogP contribution in [0, 0.1) is 6.92 Å². The maximum absolute atomic E-state index is 13.0. The van der Waals surface area contributed by atoms with Gasteiger partial charge in [-0.3, -0.25) is 9.36 Å². The fourth-order valence-electron chi connectivity index (χ4n) is 4.25. The smallest absolute Gasteiger partial charge is 0.253 e. The minimum Gasteiger partial charge on any atom is -0.378 e. The number of aromatic nitrogens is 3. The number of carbonyl (C=O) groups excluding carboxylic acids is 1. The van der Waals surface area contributed by atoms with E-state index in [0.717, 1.165) is 44.8 Å². The van der Waals surface area contributed by atoms with Crippen molar-refractivity contribution in [2.24, 2.45) is 5.10 Å². The molecule has 40 heavy (non-hydrogen) atoms. The second-order valence-corrected chi connectivity index (χ2v) is 11.1. The fourth-order valence-corrected chi connectivity index (χ4v) is 5.35. The van der Waals surface area contributed by atoms with E-state index in [1.807, 2.05) is 92.1 Å². The number of rotatable bonds is 9. The summed E-state index contributed by atoms with van der Waals surface area (Å²) in [5.41, 5.74) is 7.33. The van der Waals surface area contributed by atoms with Crippen molar-refractivity contribution in [3.8, 4) is 5.69 Å². The highest BCUT2D eigenvalue weighted by molar-refractivity contribution is 8.00. The van der Waals surface area contributed by atoms with Gasteiger partial charge in [-0.1, -0.05) is 78.0 Å². The van der Waals surface area contributed by atoms with Gasteiger partial charge in [-0.2, -0.15) is 5.10 Å². The molecule has 7 nitrogen and oxygen atoms in total. The van der Waals surface area contributed by atoms with E-state index in [4.69, 9.17) is 11.6 Å². The molecule has 2 N–H and O–H groups in total. The molecule has 1 heterocycles. The Morgan fingerprint density at radius 1 is 0.975 bits per heavy atom. The van der Waals surface area contributed by atoms with Crippen molar-refractivity contribution in [1.82, 2.24) is 20.2 Å². The molecule has 0 aliphatic heterocycles. The molecule has 0 saturated carbocycles. The first kappa shape index (κ1) is 27.4. The number of fused-ring (bicyclic) bond motifs is 1. The third-order valence-corrected chi connectivity index (χ3v) is 7.77. The Balaban J connectivity index is 1.31. The van der Waals surface area contributed by atoms with E-state index >= 15 is 0 Å². The lowest BCUT2D eigenvalue weighted by Gasteiger charge is -2.14. The number of halogens is 1. The number of nitrogens with zero attached hydrogens (tertiary/aromatic N) is 4. The molecule has 0 radical (unpaired) electrons. The normalized spacial score (nSPS) is 12.3. The number of nitrogens with one attached hydrogen (secondary N) is 2. The topological polar surface area (TPSA) is 84.2 Å². The first-order chi connectivity index (χ1) is 19.4. The van der Waals surface area contributed by atoms with Crippen molar-refractivity contribution < 1.29 is 4.79 Å². The van der Waals surface area contributed by atoms with Gasteiger partial charge in [0.2, 0.25) is 0 Å². The summed E-state index contributed by atoms with van der Waals surface area (Å²) in [5, 5.41) is 19.8. The summed E-state index contributed by atoms with van der Waals surface area (Å²) >= 11 is 7.44. The van der Waals surface area contributed by atoms with Gasteiger partial charge in [-0.25, -0.2) is 5.43 Å². The first-order valence-corrected chi connectivity index (χ1v) is 14.1. The maximum Gasteiger partial charge on any atom is 0.253 e. The monoisotopic (exact) mass is 568 g/mol. The molecule has 5 rings (SSSR count). The van der Waals surface area contributed by atoms with Gasteiger partial charge in [0, 0.05) is 16.4 Å². The summed E-state index contributed by atoms with van der Waals surface area (Å²) in [6, 6.07) is 29.9. The van der Waals surface area contributed by atoms with E-state index in [-0.39, 0.29) is 5.91 Å². The second-order valence-electron chi connectivity index (χ2n) is 9.38. The number of benzene rings is 4. The van der Waals surface area contributed by atoms with Gasteiger partial charge in [-0.15, -0.1) is 10.2 Å². The molecule has 0 fully saturated rings. The van der Waals surface area contributed by atoms with Crippen LogP contribution < -0.4 is 10.7 Å². The van der Waals surface area contributed by atoms with Crippen LogP contribution in [0.5, 0.6) is 0 Å². The summed E-state index contributed by atoms with van der Waals surface area (Å²) in [5.74, 6) is 0.505. The molecule has 4 aromatic carbocycles. The predicted molar refractivity (Wildman–Crippen MR) is 164 cm³/mol. The third-order valence-electron chi connectivity index (χ3n) is 6.49. The Morgan fingerprint density at radius 2 is 1.73 bits per heavy atom. The molecule has 202 valence electrons. The van der Waals surface area contributed by atoms with Crippen LogP contribution >= 0.6 is 23.4 Å². The number of anilines is 1. The van der Waals surface area contributed by atoms with Gasteiger partial charge < -0.3 is 5.32 Å². The van der Waals surface area contributed by atoms with Crippen molar-refractivity contribution in [3.05, 3.63) is 113 Å². The van der Waals surface area contributed by atoms with Crippen LogP contribution in [0.25, 0.3) is 16.5 Å². The molecular formula is C31H29ClN6OS. The number of aryl methyl sites for hydroxylation is 1. The lowest BCUT2D eigenvalue weighted by atomic mass is 10.0. The molecule has 0 saturated heterocycles. The molecule has 1 aromatic heterocycles. The fraction of sp³-hybridized carbons (Fsp3) is 0.161. The summed E-state index contributed by atoms with van der Waals surface area (Å²) in [7, 11) is 0. The second kappa shape index (κ2) is 12.4. The Bertz CT molecular complexity index is 1680. The number of hydrogen-bond donors (Lipinski definition) is 2. The van der Waals surface area contributed by atoms with Crippen molar-refractivity contribution in [1.29, 1.82) is 0 Å². The Labute approximate surface area is 242 Å². The van der Waals surface area contributed by atoms with Crippen LogP contribution in [0.1, 0.15) is 30.8 Å². The molecule has 0 bridgehead atoms. The quantitative estimate of drug-likeness (QED) is 0.113. The van der Waals surface area contributed by atoms with Crippen LogP contribution in [-0.4, -0.2) is 31.6 Å². The molecular weight excluding hydrogens is 540 g/mol. The third kappa shape index (κ3) is 6.35. The van der Waals surface area contributed by atoms with E-state index in [1.54, 1.807) is 0 Å². The van der Waals surface area contributed by atoms with Crippen LogP contribution in [0.3, 0.4) is 0 Å². The van der Waals surface area contributed by atoms with Gasteiger partial charge in [0.1, 0.15) is 0 Å². The highest BCUT2D eigenvalue weighted by atomic mass is 35.5. The van der Waals surface area contributed by atoms with E-state index < -0.39 is 5.25 Å². The van der Waals surface area contributed by atoms with Crippen LogP contribution in [0.15, 0.2) is 101 Å². The number of thioether (sulfide) groups is 1. The largest absolute Gasteiger partial charge is 0.378 e. The molecule has 0 spiro atoms. The van der Waals surface area contributed by atoms with Crippen LogP contribution in [0.2, 0.25) is 5.02 Å². The van der Waals surface area contributed by atoms with Gasteiger partial charge in [0.15, 0.2) is 11.0 Å². The van der Waals surface area contributed by atoms with Crippen molar-refractivity contribution in [2.45, 2.75) is 37.7 Å². The molecule has 1 atom stereocenters. The minimum absolute atomic E-state index is 0.218. The zero-order valence-electron chi connectivity index (χ0n) is 22.4. The summed E-state index contributed by atoms with van der Waals surface area (Å²) < 4.78 is 1.97. The van der Waals surface area contributed by atoms with Crippen molar-refractivity contribution in [2.75, 3.05) is 5.32 Å². The van der Waals surface area contributed by atoms with Gasteiger partial charge >= 0.3 is 0 Å². The van der Waals surface area contributed by atoms with Gasteiger partial charge in [0.05, 0.1) is 17.5 Å². The molecule has 0 unspecified atom stereocenters. The zero-order valence-corrected chi connectivity index (χ0v) is 24.0. The Hall–Kier alpha value is -4.14. The lowest BCUT2D eigenvalue weighted by molar-refractivity contribution is -0.120. The SMILES string of the molecule is C/C(=N\NC(=O)[C@@H](C)Sc1nnc(CNc2ccc(Cl)cc2C)n1-c1ccccc1)c1ccc2ccccc2c1. The van der Waals surface area contributed by atoms with Crippen LogP contribution in [-0.2, 0) is 11.3 Å². The minimum atomic E-state index is -0.459. The number of para-hydroxylation sites is 1. The van der Waals surface area contributed by atoms with Crippen LogP contribution in [0.4, 0.5) is 5.69 Å². The van der Waals surface area contributed by atoms with E-state index in [2.05, 4.69) is 50.3 Å². The summed E-state index contributed by atoms with van der Waals surface area (Å²) in [4.78, 5) is 13.0. The van der Waals surface area contributed by atoms with Crippen molar-refractivity contribution >= 4 is 51.4 Å². The predicted octanol–water partition coefficient (Wildman–Crippen LogP) is 7.02. The standard InChI is InChI=1S/C31H29ClN6OS/c1-20-17-26(32)15-16-28(20)33-19-29-35-37-31(38(29)27-11-5-4-6-12-27)40-22(3)30(39)36-34-21(2)24-14-13-23-9-7-8-10-25(23)18-24/h4-18,22,33H,19H2,1-3H3,(H,36,39)/b34-21+/t22-/m1/s1. The molecule has 0 aliphatic carbocycles. The van der Waals surface area contributed by atoms with E-state index in [9.17, 15) is 4.79 Å². The molecule has 5 aromatic rings. The zero-order chi connectivity index (χ0) is 28.1. The molecule has 0 aliphatic rings. The van der Waals surface area contributed by atoms with E-state index in [1.165, 1.54) is 11.8 Å². The van der Waals surface area contributed by atoms with Gasteiger partial charge in [0.25, 0.3) is 5.91 Å². The number of carbonyl (C=O) groups is 1. The maximum atomic E-state index is 13.0. The number of hydrazone groups is 1. The Kier molecular flexibility index (Phi) is 8.48.